The van der Waals surface area contributed by atoms with E-state index in [9.17, 15) is 14.3 Å². The lowest BCUT2D eigenvalue weighted by Crippen LogP contribution is -1.95. The minimum absolute atomic E-state index is 0.199. The number of halogens is 1. The Labute approximate surface area is 84.9 Å². The third-order valence-corrected chi connectivity index (χ3v) is 1.75. The molecule has 0 amide bonds. The highest BCUT2D eigenvalue weighted by molar-refractivity contribution is 6.07. The van der Waals surface area contributed by atoms with Crippen molar-refractivity contribution >= 4 is 5.78 Å². The predicted molar refractivity (Wildman–Crippen MR) is 50.9 cm³/mol. The zero-order valence-corrected chi connectivity index (χ0v) is 7.64. The molecule has 0 bridgehead atoms. The zero-order chi connectivity index (χ0) is 11.4. The second kappa shape index (κ2) is 4.45. The van der Waals surface area contributed by atoms with E-state index in [1.807, 2.05) is 0 Å². The second-order valence-electron chi connectivity index (χ2n) is 2.75. The van der Waals surface area contributed by atoms with Crippen LogP contribution < -0.4 is 0 Å². The zero-order valence-electron chi connectivity index (χ0n) is 7.64. The minimum atomic E-state index is -0.795. The maximum absolute atomic E-state index is 11.7. The minimum Gasteiger partial charge on any atom is -0.504 e. The van der Waals surface area contributed by atoms with Crippen LogP contribution in [0.15, 0.2) is 24.3 Å². The van der Waals surface area contributed by atoms with Crippen LogP contribution in [-0.4, -0.2) is 27.8 Å². The number of carbonyl (C=O) groups excluding carboxylic acids is 1. The van der Waals surface area contributed by atoms with Crippen molar-refractivity contribution in [1.29, 1.82) is 0 Å². The van der Waals surface area contributed by atoms with Crippen molar-refractivity contribution in [3.8, 4) is 17.2 Å². The van der Waals surface area contributed by atoms with Crippen molar-refractivity contribution in [2.24, 2.45) is 0 Å². The molecule has 0 aliphatic carbocycles. The fraction of sp³-hybridized carbons (Fsp3) is 0.100. The van der Waals surface area contributed by atoms with Gasteiger partial charge < -0.3 is 15.3 Å². The molecule has 80 valence electrons. The molecule has 0 saturated heterocycles. The van der Waals surface area contributed by atoms with Crippen LogP contribution in [0, 0.1) is 0 Å². The van der Waals surface area contributed by atoms with Crippen LogP contribution in [0.5, 0.6) is 17.2 Å². The lowest BCUT2D eigenvalue weighted by atomic mass is 10.1. The lowest BCUT2D eigenvalue weighted by molar-refractivity contribution is 0.104. The van der Waals surface area contributed by atoms with E-state index in [0.29, 0.717) is 0 Å². The Morgan fingerprint density at radius 2 is 1.93 bits per heavy atom. The molecular weight excluding hydrogens is 203 g/mol. The first kappa shape index (κ1) is 11.0. The van der Waals surface area contributed by atoms with Gasteiger partial charge in [-0.15, -0.1) is 0 Å². The molecular formula is C10H9FO4. The summed E-state index contributed by atoms with van der Waals surface area (Å²) in [6.45, 7) is -0.795. The van der Waals surface area contributed by atoms with Gasteiger partial charge >= 0.3 is 0 Å². The maximum atomic E-state index is 11.7. The van der Waals surface area contributed by atoms with Gasteiger partial charge in [0.25, 0.3) is 0 Å². The average Bonchev–Trinajstić information content (AvgIpc) is 2.23. The molecule has 1 rings (SSSR count). The number of alkyl halides is 1. The largest absolute Gasteiger partial charge is 0.504 e. The van der Waals surface area contributed by atoms with E-state index in [2.05, 4.69) is 0 Å². The number of phenolic OH excluding ortho intramolecular Hbond substituents is 3. The van der Waals surface area contributed by atoms with E-state index < -0.39 is 29.7 Å². The van der Waals surface area contributed by atoms with E-state index in [4.69, 9.17) is 10.2 Å². The highest BCUT2D eigenvalue weighted by Gasteiger charge is 2.14. The summed E-state index contributed by atoms with van der Waals surface area (Å²) < 4.78 is 11.7. The van der Waals surface area contributed by atoms with Gasteiger partial charge in [-0.05, 0) is 24.3 Å². The molecule has 0 unspecified atom stereocenters. The van der Waals surface area contributed by atoms with Crippen molar-refractivity contribution in [2.75, 3.05) is 6.67 Å². The van der Waals surface area contributed by atoms with Gasteiger partial charge in [-0.25, -0.2) is 4.39 Å². The highest BCUT2D eigenvalue weighted by atomic mass is 19.1. The molecule has 0 atom stereocenters. The molecule has 0 fully saturated rings. The number of phenols is 3. The van der Waals surface area contributed by atoms with E-state index in [-0.39, 0.29) is 5.56 Å². The number of rotatable bonds is 3. The number of carbonyl (C=O) groups is 1. The van der Waals surface area contributed by atoms with Gasteiger partial charge in [0.2, 0.25) is 5.75 Å². The number of ketones is 1. The van der Waals surface area contributed by atoms with Crippen LogP contribution in [-0.2, 0) is 0 Å². The standard InChI is InChI=1S/C10H9FO4/c11-5-1-2-7(12)6-3-4-8(13)10(15)9(6)14/h1-4,13-15H,5H2/b2-1+. The van der Waals surface area contributed by atoms with Gasteiger partial charge in [0.05, 0.1) is 5.56 Å². The normalized spacial score (nSPS) is 10.7. The summed E-state index contributed by atoms with van der Waals surface area (Å²) in [5.74, 6) is -2.67. The molecule has 4 nitrogen and oxygen atoms in total. The van der Waals surface area contributed by atoms with Crippen molar-refractivity contribution in [3.05, 3.63) is 29.8 Å². The summed E-state index contributed by atoms with van der Waals surface area (Å²) in [6, 6.07) is 2.20. The van der Waals surface area contributed by atoms with Gasteiger partial charge in [0.1, 0.15) is 6.67 Å². The van der Waals surface area contributed by atoms with Gasteiger partial charge in [-0.3, -0.25) is 4.79 Å². The fourth-order valence-electron chi connectivity index (χ4n) is 1.01. The lowest BCUT2D eigenvalue weighted by Gasteiger charge is -2.04. The monoisotopic (exact) mass is 212 g/mol. The van der Waals surface area contributed by atoms with Crippen LogP contribution in [0.3, 0.4) is 0 Å². The molecule has 1 aromatic rings. The van der Waals surface area contributed by atoms with Gasteiger partial charge in [0, 0.05) is 0 Å². The van der Waals surface area contributed by atoms with Crippen molar-refractivity contribution in [3.63, 3.8) is 0 Å². The Bertz CT molecular complexity index is 412. The van der Waals surface area contributed by atoms with Gasteiger partial charge in [0.15, 0.2) is 17.3 Å². The van der Waals surface area contributed by atoms with Crippen LogP contribution in [0.4, 0.5) is 4.39 Å². The molecule has 3 N–H and O–H groups in total. The first-order chi connectivity index (χ1) is 7.07. The Morgan fingerprint density at radius 3 is 2.53 bits per heavy atom. The Hall–Kier alpha value is -2.04. The number of hydrogen-bond acceptors (Lipinski definition) is 4. The molecule has 0 spiro atoms. The summed E-state index contributed by atoms with van der Waals surface area (Å²) in [7, 11) is 0. The van der Waals surface area contributed by atoms with Crippen molar-refractivity contribution in [2.45, 2.75) is 0 Å². The number of allylic oxidation sites excluding steroid dienone is 2. The quantitative estimate of drug-likeness (QED) is 0.403. The molecule has 0 radical (unpaired) electrons. The summed E-state index contributed by atoms with van der Waals surface area (Å²) in [6.07, 6.45) is 1.91. The van der Waals surface area contributed by atoms with Crippen LogP contribution in [0.2, 0.25) is 0 Å². The SMILES string of the molecule is O=C(/C=C/CF)c1ccc(O)c(O)c1O. The maximum Gasteiger partial charge on any atom is 0.201 e. The van der Waals surface area contributed by atoms with Crippen molar-refractivity contribution in [1.82, 2.24) is 0 Å². The molecule has 0 aliphatic heterocycles. The second-order valence-corrected chi connectivity index (χ2v) is 2.75. The van der Waals surface area contributed by atoms with E-state index >= 15 is 0 Å². The molecule has 5 heteroatoms. The number of hydrogen-bond donors (Lipinski definition) is 3. The third-order valence-electron chi connectivity index (χ3n) is 1.75. The highest BCUT2D eigenvalue weighted by Crippen LogP contribution is 2.37. The molecule has 15 heavy (non-hydrogen) atoms. The number of aromatic hydroxyl groups is 3. The molecule has 0 aliphatic rings. The van der Waals surface area contributed by atoms with Crippen LogP contribution in [0.1, 0.15) is 10.4 Å². The van der Waals surface area contributed by atoms with Gasteiger partial charge in [-0.1, -0.05) is 0 Å². The first-order valence-electron chi connectivity index (χ1n) is 4.08. The Kier molecular flexibility index (Phi) is 3.28. The molecule has 0 saturated carbocycles. The number of benzene rings is 1. The van der Waals surface area contributed by atoms with Crippen LogP contribution >= 0.6 is 0 Å². The Balaban J connectivity index is 3.11. The topological polar surface area (TPSA) is 77.8 Å². The molecule has 0 heterocycles. The summed E-state index contributed by atoms with van der Waals surface area (Å²) in [4.78, 5) is 11.3. The third kappa shape index (κ3) is 2.25. The molecule has 0 aromatic heterocycles. The van der Waals surface area contributed by atoms with E-state index in [1.54, 1.807) is 0 Å². The van der Waals surface area contributed by atoms with E-state index in [1.165, 1.54) is 0 Å². The van der Waals surface area contributed by atoms with Crippen LogP contribution in [0.25, 0.3) is 0 Å². The molecule has 1 aromatic carbocycles. The summed E-state index contributed by atoms with van der Waals surface area (Å²) in [5.41, 5.74) is -0.199. The first-order valence-corrected chi connectivity index (χ1v) is 4.08. The van der Waals surface area contributed by atoms with Gasteiger partial charge in [-0.2, -0.15) is 0 Å². The fourth-order valence-corrected chi connectivity index (χ4v) is 1.01. The van der Waals surface area contributed by atoms with E-state index in [0.717, 1.165) is 24.3 Å². The average molecular weight is 212 g/mol. The summed E-state index contributed by atoms with van der Waals surface area (Å²) >= 11 is 0. The van der Waals surface area contributed by atoms with Crippen molar-refractivity contribution < 1.29 is 24.5 Å². The predicted octanol–water partition coefficient (Wildman–Crippen LogP) is 1.51. The summed E-state index contributed by atoms with van der Waals surface area (Å²) in [5, 5.41) is 27.4. The smallest absolute Gasteiger partial charge is 0.201 e. The Morgan fingerprint density at radius 1 is 1.27 bits per heavy atom.